The molecule has 44 heavy (non-hydrogen) atoms. The Morgan fingerprint density at radius 3 is 1.20 bits per heavy atom. The Hall–Kier alpha value is -2.24. The Labute approximate surface area is 262 Å². The Morgan fingerprint density at radius 1 is 0.455 bits per heavy atom. The second kappa shape index (κ2) is 10.1. The first kappa shape index (κ1) is 30.4. The number of carbonyl (C=O) groups is 4. The van der Waals surface area contributed by atoms with Gasteiger partial charge >= 0.3 is 0 Å². The van der Waals surface area contributed by atoms with Crippen LogP contribution < -0.4 is 0 Å². The minimum Gasteiger partial charge on any atom is -0.504 e. The first-order valence-corrected chi connectivity index (χ1v) is 17.7. The molecule has 0 radical (unpaired) electrons. The largest absolute Gasteiger partial charge is 0.504 e. The SMILES string of the molecule is C[C@]12CCC(=O)C(O)=C1CC[C@@H]1[C@@H]2CC[C@]2(C)C(=O)CC[C@@H]12.C[C@]12CCC(=O)C(O)=C1CC[C@@H]1[C@@H]2CC[C@]2(C)C(=O)CC[C@@H]12. The maximum Gasteiger partial charge on any atom is 0.197 e. The van der Waals surface area contributed by atoms with Crippen molar-refractivity contribution < 1.29 is 29.4 Å². The van der Waals surface area contributed by atoms with Gasteiger partial charge in [-0.1, -0.05) is 27.7 Å². The molecule has 6 heteroatoms. The van der Waals surface area contributed by atoms with Crippen LogP contribution in [0, 0.1) is 57.2 Å². The molecule has 0 bridgehead atoms. The van der Waals surface area contributed by atoms with Crippen molar-refractivity contribution in [3.63, 3.8) is 0 Å². The highest BCUT2D eigenvalue weighted by atomic mass is 16.3. The molecule has 8 aliphatic rings. The second-order valence-corrected chi connectivity index (χ2v) is 17.0. The van der Waals surface area contributed by atoms with E-state index in [0.29, 0.717) is 59.9 Å². The zero-order valence-corrected chi connectivity index (χ0v) is 27.3. The van der Waals surface area contributed by atoms with E-state index in [1.54, 1.807) is 0 Å². The summed E-state index contributed by atoms with van der Waals surface area (Å²) in [5.74, 6) is 4.28. The number of carbonyl (C=O) groups excluding carboxylic acids is 4. The van der Waals surface area contributed by atoms with Gasteiger partial charge in [-0.05, 0) is 135 Å². The van der Waals surface area contributed by atoms with Gasteiger partial charge in [0.25, 0.3) is 0 Å². The van der Waals surface area contributed by atoms with Crippen molar-refractivity contribution in [1.29, 1.82) is 0 Å². The van der Waals surface area contributed by atoms with E-state index in [9.17, 15) is 29.4 Å². The highest BCUT2D eigenvalue weighted by molar-refractivity contribution is 5.95. The van der Waals surface area contributed by atoms with Crippen LogP contribution in [0.1, 0.15) is 130 Å². The van der Waals surface area contributed by atoms with Gasteiger partial charge in [0, 0.05) is 36.5 Å². The molecule has 240 valence electrons. The number of allylic oxidation sites excluding steroid dienone is 2. The lowest BCUT2D eigenvalue weighted by molar-refractivity contribution is -0.133. The summed E-state index contributed by atoms with van der Waals surface area (Å²) in [6.45, 7) is 8.92. The van der Waals surface area contributed by atoms with Gasteiger partial charge < -0.3 is 10.2 Å². The van der Waals surface area contributed by atoms with E-state index in [1.165, 1.54) is 0 Å². The summed E-state index contributed by atoms with van der Waals surface area (Å²) < 4.78 is 0. The minimum atomic E-state index is -0.0920. The number of aliphatic hydroxyl groups is 2. The Bertz CT molecular complexity index is 1280. The number of fused-ring (bicyclic) bond motifs is 10. The molecule has 6 fully saturated rings. The third-order valence-corrected chi connectivity index (χ3v) is 15.6. The Morgan fingerprint density at radius 2 is 0.818 bits per heavy atom. The summed E-state index contributed by atoms with van der Waals surface area (Å²) in [4.78, 5) is 48.5. The summed E-state index contributed by atoms with van der Waals surface area (Å²) in [6.07, 6.45) is 14.3. The van der Waals surface area contributed by atoms with Crippen LogP contribution in [0.5, 0.6) is 0 Å². The number of rotatable bonds is 0. The molecule has 0 aliphatic heterocycles. The van der Waals surface area contributed by atoms with E-state index >= 15 is 0 Å². The van der Waals surface area contributed by atoms with Crippen molar-refractivity contribution >= 4 is 23.1 Å². The highest BCUT2D eigenvalue weighted by Gasteiger charge is 2.61. The Balaban J connectivity index is 0.000000142. The quantitative estimate of drug-likeness (QED) is 0.290. The van der Waals surface area contributed by atoms with Crippen molar-refractivity contribution in [1.82, 2.24) is 0 Å². The molecule has 2 N–H and O–H groups in total. The van der Waals surface area contributed by atoms with Crippen molar-refractivity contribution in [3.05, 3.63) is 22.7 Å². The fourth-order valence-corrected chi connectivity index (χ4v) is 12.9. The molecule has 0 amide bonds. The van der Waals surface area contributed by atoms with Crippen LogP contribution in [0.15, 0.2) is 22.7 Å². The van der Waals surface area contributed by atoms with E-state index in [0.717, 1.165) is 101 Å². The van der Waals surface area contributed by atoms with E-state index in [-0.39, 0.29) is 44.7 Å². The number of Topliss-reactive ketones (excluding diaryl/α,β-unsaturated/α-hetero) is 4. The third kappa shape index (κ3) is 4.03. The van der Waals surface area contributed by atoms with Gasteiger partial charge in [0.05, 0.1) is 0 Å². The molecular weight excluding hydrogens is 552 g/mol. The monoisotopic (exact) mass is 604 g/mol. The van der Waals surface area contributed by atoms with Crippen LogP contribution in [0.2, 0.25) is 0 Å². The molecule has 0 spiro atoms. The van der Waals surface area contributed by atoms with Crippen molar-refractivity contribution in [2.75, 3.05) is 0 Å². The molecule has 0 aromatic rings. The third-order valence-electron chi connectivity index (χ3n) is 15.6. The zero-order chi connectivity index (χ0) is 31.4. The molecule has 8 aliphatic carbocycles. The lowest BCUT2D eigenvalue weighted by atomic mass is 9.47. The van der Waals surface area contributed by atoms with Crippen LogP contribution in [-0.4, -0.2) is 33.3 Å². The van der Waals surface area contributed by atoms with E-state index in [2.05, 4.69) is 27.7 Å². The summed E-state index contributed by atoms with van der Waals surface area (Å²) in [7, 11) is 0. The van der Waals surface area contributed by atoms with Gasteiger partial charge in [-0.15, -0.1) is 0 Å². The van der Waals surface area contributed by atoms with E-state index in [4.69, 9.17) is 0 Å². The predicted molar refractivity (Wildman–Crippen MR) is 167 cm³/mol. The normalized spacial score (nSPS) is 48.0. The Kier molecular flexibility index (Phi) is 7.00. The van der Waals surface area contributed by atoms with E-state index in [1.807, 2.05) is 0 Å². The average molecular weight is 605 g/mol. The molecule has 0 saturated heterocycles. The summed E-state index contributed by atoms with van der Waals surface area (Å²) in [5.41, 5.74) is 1.83. The molecule has 0 aromatic heterocycles. The van der Waals surface area contributed by atoms with E-state index < -0.39 is 0 Å². The smallest absolute Gasteiger partial charge is 0.197 e. The maximum atomic E-state index is 12.4. The standard InChI is InChI=1S/2C19H26O3/c2*1-18-10-8-15(20)17(22)14(18)4-3-11-12-5-6-16(21)19(12,2)9-7-13(11)18/h2*11-13,22H,3-10H2,1-2H3/t2*11-,12-,13-,18+,19-/m00/s1. The van der Waals surface area contributed by atoms with Crippen molar-refractivity contribution in [3.8, 4) is 0 Å². The van der Waals surface area contributed by atoms with Crippen LogP contribution >= 0.6 is 0 Å². The van der Waals surface area contributed by atoms with Gasteiger partial charge in [0.2, 0.25) is 0 Å². The lowest BCUT2D eigenvalue weighted by Gasteiger charge is -2.56. The van der Waals surface area contributed by atoms with Crippen molar-refractivity contribution in [2.24, 2.45) is 57.2 Å². The average Bonchev–Trinajstić information content (AvgIpc) is 3.48. The van der Waals surface area contributed by atoms with Crippen molar-refractivity contribution in [2.45, 2.75) is 130 Å². The first-order valence-electron chi connectivity index (χ1n) is 17.7. The topological polar surface area (TPSA) is 109 Å². The predicted octanol–water partition coefficient (Wildman–Crippen LogP) is 7.95. The molecular formula is C38H52O6. The number of aliphatic hydroxyl groups excluding tert-OH is 2. The van der Waals surface area contributed by atoms with Gasteiger partial charge in [-0.25, -0.2) is 0 Å². The van der Waals surface area contributed by atoms with Gasteiger partial charge in [0.15, 0.2) is 23.1 Å². The zero-order valence-electron chi connectivity index (χ0n) is 27.3. The fourth-order valence-electron chi connectivity index (χ4n) is 12.9. The molecule has 0 aromatic carbocycles. The van der Waals surface area contributed by atoms with Crippen LogP contribution in [0.25, 0.3) is 0 Å². The first-order chi connectivity index (χ1) is 20.8. The second-order valence-electron chi connectivity index (χ2n) is 17.0. The number of hydrogen-bond donors (Lipinski definition) is 2. The number of hydrogen-bond acceptors (Lipinski definition) is 6. The molecule has 8 rings (SSSR count). The van der Waals surface area contributed by atoms with Crippen LogP contribution in [-0.2, 0) is 19.2 Å². The molecule has 6 saturated carbocycles. The van der Waals surface area contributed by atoms with Gasteiger partial charge in [-0.3, -0.25) is 19.2 Å². The summed E-state index contributed by atoms with van der Waals surface area (Å²) >= 11 is 0. The highest BCUT2D eigenvalue weighted by Crippen LogP contribution is 2.66. The van der Waals surface area contributed by atoms with Gasteiger partial charge in [-0.2, -0.15) is 0 Å². The lowest BCUT2D eigenvalue weighted by Crippen LogP contribution is -2.51. The molecule has 10 atom stereocenters. The minimum absolute atomic E-state index is 0.0200. The van der Waals surface area contributed by atoms with Crippen LogP contribution in [0.3, 0.4) is 0 Å². The van der Waals surface area contributed by atoms with Crippen LogP contribution in [0.4, 0.5) is 0 Å². The molecule has 0 heterocycles. The number of ketones is 4. The molecule has 0 unspecified atom stereocenters. The molecule has 6 nitrogen and oxygen atoms in total. The maximum absolute atomic E-state index is 12.4. The fraction of sp³-hybridized carbons (Fsp3) is 0.789. The summed E-state index contributed by atoms with van der Waals surface area (Å²) in [6, 6.07) is 0. The summed E-state index contributed by atoms with van der Waals surface area (Å²) in [5, 5.41) is 20.6. The van der Waals surface area contributed by atoms with Gasteiger partial charge in [0.1, 0.15) is 11.6 Å².